The van der Waals surface area contributed by atoms with Gasteiger partial charge in [0, 0.05) is 11.1 Å². The minimum Gasteiger partial charge on any atom is -0.289 e. The molecule has 0 saturated carbocycles. The Morgan fingerprint density at radius 1 is 0.611 bits per heavy atom. The Balaban J connectivity index is 1.88. The van der Waals surface area contributed by atoms with Gasteiger partial charge in [-0.05, 0) is 59.7 Å². The smallest absolute Gasteiger partial charge is 0.289 e. The lowest BCUT2D eigenvalue weighted by Crippen LogP contribution is -2.11. The van der Waals surface area contributed by atoms with Gasteiger partial charge in [0.2, 0.25) is 0 Å². The number of alkyl halides is 6. The normalized spacial score (nSPS) is 15.1. The number of allylic oxidation sites excluding steroid dienone is 8. The van der Waals surface area contributed by atoms with Crippen molar-refractivity contribution < 1.29 is 35.9 Å². The van der Waals surface area contributed by atoms with E-state index in [1.807, 2.05) is 0 Å². The van der Waals surface area contributed by atoms with Gasteiger partial charge in [0.1, 0.15) is 0 Å². The lowest BCUT2D eigenvalue weighted by Gasteiger charge is -2.10. The maximum Gasteiger partial charge on any atom is 0.416 e. The Bertz CT molecular complexity index is 1310. The maximum atomic E-state index is 12.7. The summed E-state index contributed by atoms with van der Waals surface area (Å²) in [4.78, 5) is 25.1. The van der Waals surface area contributed by atoms with Crippen LogP contribution in [0.3, 0.4) is 0 Å². The minimum absolute atomic E-state index is 0.0930. The Kier molecular flexibility index (Phi) is 7.12. The van der Waals surface area contributed by atoms with Crippen molar-refractivity contribution in [3.63, 3.8) is 0 Å². The Hall–Kier alpha value is -4.70. The molecule has 0 atom stereocenters. The van der Waals surface area contributed by atoms with Crippen LogP contribution in [0.4, 0.5) is 26.3 Å². The van der Waals surface area contributed by atoms with Crippen LogP contribution in [-0.4, -0.2) is 11.6 Å². The molecule has 0 fully saturated rings. The molecule has 2 aromatic carbocycles. The van der Waals surface area contributed by atoms with Gasteiger partial charge in [0.05, 0.1) is 34.4 Å². The number of benzene rings is 2. The van der Waals surface area contributed by atoms with Crippen LogP contribution in [0, 0.1) is 22.7 Å². The Morgan fingerprint density at radius 3 is 1.17 bits per heavy atom. The number of nitrogens with zero attached hydrogens (tertiary/aromatic N) is 2. The largest absolute Gasteiger partial charge is 0.416 e. The second-order valence-electron chi connectivity index (χ2n) is 7.42. The van der Waals surface area contributed by atoms with Crippen LogP contribution in [0.25, 0.3) is 11.1 Å². The third-order valence-corrected chi connectivity index (χ3v) is 5.03. The summed E-state index contributed by atoms with van der Waals surface area (Å²) in [5.74, 6) is -1.43. The molecule has 3 rings (SSSR count). The second kappa shape index (κ2) is 9.88. The minimum atomic E-state index is -4.57. The van der Waals surface area contributed by atoms with Crippen molar-refractivity contribution in [1.82, 2.24) is 0 Å². The molecule has 0 aliphatic heterocycles. The molecule has 36 heavy (non-hydrogen) atoms. The molecule has 0 bridgehead atoms. The Labute approximate surface area is 200 Å². The summed E-state index contributed by atoms with van der Waals surface area (Å²) in [6.07, 6.45) is -5.22. The van der Waals surface area contributed by atoms with Crippen molar-refractivity contribution in [3.05, 3.63) is 106 Å². The molecule has 0 spiro atoms. The van der Waals surface area contributed by atoms with Gasteiger partial charge in [-0.15, -0.1) is 0 Å². The number of nitriles is 2. The molecule has 0 radical (unpaired) electrons. The fourth-order valence-electron chi connectivity index (χ4n) is 3.17. The summed E-state index contributed by atoms with van der Waals surface area (Å²) in [5, 5.41) is 18.8. The summed E-state index contributed by atoms with van der Waals surface area (Å²) >= 11 is 0. The first kappa shape index (κ1) is 25.9. The van der Waals surface area contributed by atoms with E-state index in [4.69, 9.17) is 0 Å². The molecular formula is C26H12F6N2O2. The van der Waals surface area contributed by atoms with E-state index in [9.17, 15) is 46.5 Å². The predicted molar refractivity (Wildman–Crippen MR) is 116 cm³/mol. The molecule has 1 aliphatic carbocycles. The highest BCUT2D eigenvalue weighted by atomic mass is 19.4. The average Bonchev–Trinajstić information content (AvgIpc) is 2.82. The quantitative estimate of drug-likeness (QED) is 0.284. The van der Waals surface area contributed by atoms with E-state index < -0.39 is 35.0 Å². The molecule has 1 aliphatic rings. The van der Waals surface area contributed by atoms with Crippen LogP contribution in [0.5, 0.6) is 0 Å². The molecule has 0 aromatic heterocycles. The fourth-order valence-corrected chi connectivity index (χ4v) is 3.17. The first-order chi connectivity index (χ1) is 16.8. The zero-order valence-corrected chi connectivity index (χ0v) is 17.9. The van der Waals surface area contributed by atoms with Gasteiger partial charge < -0.3 is 0 Å². The van der Waals surface area contributed by atoms with Crippen molar-refractivity contribution in [2.24, 2.45) is 0 Å². The lowest BCUT2D eigenvalue weighted by atomic mass is 9.92. The zero-order valence-electron chi connectivity index (χ0n) is 17.9. The van der Waals surface area contributed by atoms with Crippen LogP contribution in [0.1, 0.15) is 22.3 Å². The SMILES string of the molecule is N#C/C(=C\C1=CC(=O)C(/C=C(\C#N)c2ccc(C(F)(F)F)cc2)=CC1=O)c1ccc(C(F)(F)F)cc1. The number of carbonyl (C=O) groups is 2. The molecule has 4 nitrogen and oxygen atoms in total. The van der Waals surface area contributed by atoms with E-state index in [1.54, 1.807) is 12.1 Å². The number of ketones is 2. The van der Waals surface area contributed by atoms with E-state index in [1.165, 1.54) is 0 Å². The summed E-state index contributed by atoms with van der Waals surface area (Å²) in [5.41, 5.74) is -2.40. The predicted octanol–water partition coefficient (Wildman–Crippen LogP) is 6.24. The monoisotopic (exact) mass is 498 g/mol. The van der Waals surface area contributed by atoms with E-state index in [-0.39, 0.29) is 33.4 Å². The summed E-state index contributed by atoms with van der Waals surface area (Å²) < 4.78 is 76.5. The van der Waals surface area contributed by atoms with Crippen molar-refractivity contribution in [2.45, 2.75) is 12.4 Å². The number of hydrogen-bond acceptors (Lipinski definition) is 4. The van der Waals surface area contributed by atoms with Crippen LogP contribution in [0.2, 0.25) is 0 Å². The third kappa shape index (κ3) is 5.86. The maximum absolute atomic E-state index is 12.7. The standard InChI is InChI=1S/C26H12F6N2O2/c27-25(28,29)21-5-1-15(2-6-21)19(13-33)9-17-11-24(36)18(12-23(17)35)10-20(14-34)16-3-7-22(8-4-16)26(30,31)32/h1-12H/b19-9+,20-10+. The van der Waals surface area contributed by atoms with Crippen molar-refractivity contribution in [1.29, 1.82) is 10.5 Å². The van der Waals surface area contributed by atoms with Gasteiger partial charge >= 0.3 is 12.4 Å². The topological polar surface area (TPSA) is 81.7 Å². The number of halogens is 6. The summed E-state index contributed by atoms with van der Waals surface area (Å²) in [6, 6.07) is 10.9. The molecular weight excluding hydrogens is 486 g/mol. The van der Waals surface area contributed by atoms with E-state index in [0.29, 0.717) is 0 Å². The van der Waals surface area contributed by atoms with Crippen LogP contribution in [-0.2, 0) is 21.9 Å². The first-order valence-electron chi connectivity index (χ1n) is 9.94. The molecule has 0 heterocycles. The highest BCUT2D eigenvalue weighted by Crippen LogP contribution is 2.32. The average molecular weight is 498 g/mol. The molecule has 0 N–H and O–H groups in total. The van der Waals surface area contributed by atoms with Gasteiger partial charge in [-0.3, -0.25) is 9.59 Å². The van der Waals surface area contributed by atoms with Crippen molar-refractivity contribution >= 4 is 22.7 Å². The van der Waals surface area contributed by atoms with Crippen molar-refractivity contribution in [2.75, 3.05) is 0 Å². The fraction of sp³-hybridized carbons (Fsp3) is 0.0769. The molecule has 10 heteroatoms. The van der Waals surface area contributed by atoms with Crippen LogP contribution >= 0.6 is 0 Å². The highest BCUT2D eigenvalue weighted by molar-refractivity contribution is 6.23. The van der Waals surface area contributed by atoms with Gasteiger partial charge in [0.15, 0.2) is 11.6 Å². The highest BCUT2D eigenvalue weighted by Gasteiger charge is 2.31. The van der Waals surface area contributed by atoms with Crippen LogP contribution in [0.15, 0.2) is 84.0 Å². The third-order valence-electron chi connectivity index (χ3n) is 5.03. The Morgan fingerprint density at radius 2 is 0.917 bits per heavy atom. The number of rotatable bonds is 4. The number of carbonyl (C=O) groups excluding carboxylic acids is 2. The molecule has 180 valence electrons. The van der Waals surface area contributed by atoms with Crippen molar-refractivity contribution in [3.8, 4) is 12.1 Å². The second-order valence-corrected chi connectivity index (χ2v) is 7.42. The first-order valence-corrected chi connectivity index (χ1v) is 9.94. The van der Waals surface area contributed by atoms with E-state index >= 15 is 0 Å². The molecule has 2 aromatic rings. The van der Waals surface area contributed by atoms with Gasteiger partial charge in [-0.25, -0.2) is 0 Å². The number of hydrogen-bond donors (Lipinski definition) is 0. The van der Waals surface area contributed by atoms with Gasteiger partial charge in [-0.2, -0.15) is 36.9 Å². The van der Waals surface area contributed by atoms with Crippen LogP contribution < -0.4 is 0 Å². The molecule has 0 unspecified atom stereocenters. The van der Waals surface area contributed by atoms with Gasteiger partial charge in [-0.1, -0.05) is 24.3 Å². The van der Waals surface area contributed by atoms with E-state index in [2.05, 4.69) is 0 Å². The van der Waals surface area contributed by atoms with E-state index in [0.717, 1.165) is 72.8 Å². The lowest BCUT2D eigenvalue weighted by molar-refractivity contribution is -0.138. The molecule has 0 saturated heterocycles. The zero-order chi connectivity index (χ0) is 26.7. The molecule has 0 amide bonds. The summed E-state index contributed by atoms with van der Waals surface area (Å²) in [6.45, 7) is 0. The van der Waals surface area contributed by atoms with Gasteiger partial charge in [0.25, 0.3) is 0 Å². The summed E-state index contributed by atoms with van der Waals surface area (Å²) in [7, 11) is 0.